The summed E-state index contributed by atoms with van der Waals surface area (Å²) in [5.41, 5.74) is 6.00. The molecule has 1 aliphatic rings. The van der Waals surface area contributed by atoms with Gasteiger partial charge in [0, 0.05) is 0 Å². The molecule has 2 heteroatoms. The first kappa shape index (κ1) is 18.2. The standard InChI is InChI=1S/C8H12.C2H6.CH5N.H2O/c1-2-8-6-4-3-5-7-8;2*1-2;/h4,6-7H,2-3,5H2,1H3;1-2H3;2H2,1H3;1H2. The Balaban J connectivity index is -0.000000178. The minimum atomic E-state index is 0. The van der Waals surface area contributed by atoms with Crippen molar-refractivity contribution in [1.29, 1.82) is 0 Å². The monoisotopic (exact) mass is 187 g/mol. The molecule has 2 nitrogen and oxygen atoms in total. The molecule has 0 saturated heterocycles. The third-order valence-electron chi connectivity index (χ3n) is 1.48. The van der Waals surface area contributed by atoms with E-state index in [-0.39, 0.29) is 5.48 Å². The van der Waals surface area contributed by atoms with Crippen molar-refractivity contribution in [2.75, 3.05) is 7.05 Å². The molecule has 0 aromatic carbocycles. The number of rotatable bonds is 1. The highest BCUT2D eigenvalue weighted by molar-refractivity contribution is 5.21. The average Bonchev–Trinajstić information content (AvgIpc) is 2.25. The van der Waals surface area contributed by atoms with E-state index in [4.69, 9.17) is 0 Å². The lowest BCUT2D eigenvalue weighted by Crippen LogP contribution is -1.80. The fourth-order valence-electron chi connectivity index (χ4n) is 0.930. The molecule has 0 spiro atoms. The van der Waals surface area contributed by atoms with E-state index in [1.807, 2.05) is 13.8 Å². The molecule has 0 heterocycles. The van der Waals surface area contributed by atoms with Crippen LogP contribution in [0.25, 0.3) is 0 Å². The lowest BCUT2D eigenvalue weighted by atomic mass is 10.1. The highest BCUT2D eigenvalue weighted by Gasteiger charge is 1.90. The fourth-order valence-corrected chi connectivity index (χ4v) is 0.930. The van der Waals surface area contributed by atoms with Gasteiger partial charge in [-0.25, -0.2) is 0 Å². The molecule has 80 valence electrons. The van der Waals surface area contributed by atoms with Crippen molar-refractivity contribution in [3.05, 3.63) is 23.8 Å². The van der Waals surface area contributed by atoms with E-state index in [9.17, 15) is 0 Å². The predicted octanol–water partition coefficient (Wildman–Crippen LogP) is 2.45. The maximum atomic E-state index is 4.50. The zero-order valence-electron chi connectivity index (χ0n) is 9.43. The maximum absolute atomic E-state index is 4.50. The van der Waals surface area contributed by atoms with Crippen molar-refractivity contribution in [2.24, 2.45) is 5.73 Å². The van der Waals surface area contributed by atoms with E-state index >= 15 is 0 Å². The van der Waals surface area contributed by atoms with Crippen molar-refractivity contribution >= 4 is 0 Å². The van der Waals surface area contributed by atoms with Gasteiger partial charge in [-0.3, -0.25) is 0 Å². The maximum Gasteiger partial charge on any atom is -0.0195 e. The second-order valence-corrected chi connectivity index (χ2v) is 2.11. The Hall–Kier alpha value is -0.600. The van der Waals surface area contributed by atoms with Crippen LogP contribution in [0.15, 0.2) is 23.8 Å². The first-order valence-corrected chi connectivity index (χ1v) is 4.87. The van der Waals surface area contributed by atoms with E-state index in [0.29, 0.717) is 0 Å². The molecule has 0 atom stereocenters. The number of allylic oxidation sites excluding steroid dienone is 4. The quantitative estimate of drug-likeness (QED) is 0.673. The molecule has 0 saturated carbocycles. The van der Waals surface area contributed by atoms with Gasteiger partial charge in [-0.2, -0.15) is 0 Å². The van der Waals surface area contributed by atoms with Gasteiger partial charge in [0.05, 0.1) is 0 Å². The van der Waals surface area contributed by atoms with Crippen LogP contribution in [-0.4, -0.2) is 12.5 Å². The molecule has 13 heavy (non-hydrogen) atoms. The van der Waals surface area contributed by atoms with Gasteiger partial charge < -0.3 is 11.2 Å². The lowest BCUT2D eigenvalue weighted by Gasteiger charge is -2.01. The molecule has 0 aromatic heterocycles. The summed E-state index contributed by atoms with van der Waals surface area (Å²) >= 11 is 0. The third-order valence-corrected chi connectivity index (χ3v) is 1.48. The summed E-state index contributed by atoms with van der Waals surface area (Å²) < 4.78 is 0. The van der Waals surface area contributed by atoms with E-state index in [0.717, 1.165) is 0 Å². The topological polar surface area (TPSA) is 57.5 Å². The van der Waals surface area contributed by atoms with Gasteiger partial charge in [-0.1, -0.05) is 44.6 Å². The summed E-state index contributed by atoms with van der Waals surface area (Å²) in [6, 6.07) is 0. The Morgan fingerprint density at radius 2 is 1.77 bits per heavy atom. The van der Waals surface area contributed by atoms with E-state index in [1.165, 1.54) is 31.9 Å². The minimum absolute atomic E-state index is 0. The van der Waals surface area contributed by atoms with Gasteiger partial charge in [0.1, 0.15) is 0 Å². The van der Waals surface area contributed by atoms with Gasteiger partial charge in [-0.05, 0) is 26.3 Å². The molecule has 0 unspecified atom stereocenters. The van der Waals surface area contributed by atoms with Crippen LogP contribution in [-0.2, 0) is 0 Å². The zero-order chi connectivity index (χ0) is 9.82. The molecule has 1 rings (SSSR count). The van der Waals surface area contributed by atoms with Crippen LogP contribution < -0.4 is 5.73 Å². The first-order valence-electron chi connectivity index (χ1n) is 4.87. The molecule has 0 aliphatic heterocycles. The van der Waals surface area contributed by atoms with Crippen LogP contribution in [0.4, 0.5) is 0 Å². The Labute approximate surface area is 82.8 Å². The van der Waals surface area contributed by atoms with Crippen LogP contribution in [0.3, 0.4) is 0 Å². The summed E-state index contributed by atoms with van der Waals surface area (Å²) in [5, 5.41) is 0. The van der Waals surface area contributed by atoms with Crippen molar-refractivity contribution in [3.8, 4) is 0 Å². The van der Waals surface area contributed by atoms with Gasteiger partial charge >= 0.3 is 0 Å². The van der Waals surface area contributed by atoms with E-state index < -0.39 is 0 Å². The van der Waals surface area contributed by atoms with Crippen LogP contribution in [0.1, 0.15) is 40.0 Å². The Morgan fingerprint density at radius 3 is 2.00 bits per heavy atom. The SMILES string of the molecule is CC.CCC1=CCCC=C1.CN.O. The summed E-state index contributed by atoms with van der Waals surface area (Å²) in [6.07, 6.45) is 10.5. The van der Waals surface area contributed by atoms with Crippen molar-refractivity contribution in [2.45, 2.75) is 40.0 Å². The summed E-state index contributed by atoms with van der Waals surface area (Å²) in [7, 11) is 1.50. The van der Waals surface area contributed by atoms with Crippen LogP contribution >= 0.6 is 0 Å². The fraction of sp³-hybridized carbons (Fsp3) is 0.636. The molecule has 0 radical (unpaired) electrons. The predicted molar refractivity (Wildman–Crippen MR) is 61.8 cm³/mol. The summed E-state index contributed by atoms with van der Waals surface area (Å²) in [5.74, 6) is 0. The number of hydrogen-bond donors (Lipinski definition) is 1. The lowest BCUT2D eigenvalue weighted by molar-refractivity contribution is 0.824. The normalized spacial score (nSPS) is 12.2. The van der Waals surface area contributed by atoms with Crippen molar-refractivity contribution in [3.63, 3.8) is 0 Å². The molecular formula is C11H25NO. The highest BCUT2D eigenvalue weighted by atomic mass is 16.0. The highest BCUT2D eigenvalue weighted by Crippen LogP contribution is 2.11. The van der Waals surface area contributed by atoms with E-state index in [1.54, 1.807) is 0 Å². The number of hydrogen-bond acceptors (Lipinski definition) is 1. The third kappa shape index (κ3) is 11.4. The Bertz CT molecular complexity index is 128. The molecule has 1 aliphatic carbocycles. The van der Waals surface area contributed by atoms with Crippen LogP contribution in [0, 0.1) is 0 Å². The van der Waals surface area contributed by atoms with Crippen LogP contribution in [0.5, 0.6) is 0 Å². The molecular weight excluding hydrogens is 162 g/mol. The average molecular weight is 187 g/mol. The Morgan fingerprint density at radius 1 is 1.23 bits per heavy atom. The molecule has 0 bridgehead atoms. The van der Waals surface area contributed by atoms with Crippen molar-refractivity contribution < 1.29 is 5.48 Å². The molecule has 0 fully saturated rings. The van der Waals surface area contributed by atoms with Gasteiger partial charge in [0.25, 0.3) is 0 Å². The molecule has 0 amide bonds. The molecule has 0 aromatic rings. The molecule has 4 N–H and O–H groups in total. The van der Waals surface area contributed by atoms with Crippen LogP contribution in [0.2, 0.25) is 0 Å². The zero-order valence-corrected chi connectivity index (χ0v) is 9.43. The summed E-state index contributed by atoms with van der Waals surface area (Å²) in [6.45, 7) is 6.20. The van der Waals surface area contributed by atoms with Gasteiger partial charge in [0.2, 0.25) is 0 Å². The Kier molecular flexibility index (Phi) is 24.5. The first-order chi connectivity index (χ1) is 5.93. The second-order valence-electron chi connectivity index (χ2n) is 2.11. The van der Waals surface area contributed by atoms with E-state index in [2.05, 4.69) is 30.9 Å². The second kappa shape index (κ2) is 17.5. The largest absolute Gasteiger partial charge is 0.412 e. The number of nitrogens with two attached hydrogens (primary N) is 1. The summed E-state index contributed by atoms with van der Waals surface area (Å²) in [4.78, 5) is 0. The van der Waals surface area contributed by atoms with Gasteiger partial charge in [0.15, 0.2) is 0 Å². The minimum Gasteiger partial charge on any atom is -0.412 e. The van der Waals surface area contributed by atoms with Gasteiger partial charge in [-0.15, -0.1) is 0 Å². The smallest absolute Gasteiger partial charge is 0.0195 e. The van der Waals surface area contributed by atoms with Crippen molar-refractivity contribution in [1.82, 2.24) is 0 Å².